The van der Waals surface area contributed by atoms with Gasteiger partial charge in [-0.15, -0.1) is 0 Å². The Bertz CT molecular complexity index is 342. The first-order valence-electron chi connectivity index (χ1n) is 5.18. The van der Waals surface area contributed by atoms with Crippen molar-refractivity contribution in [1.82, 2.24) is 14.9 Å². The van der Waals surface area contributed by atoms with E-state index >= 15 is 0 Å². The summed E-state index contributed by atoms with van der Waals surface area (Å²) in [6.07, 6.45) is 2.70. The summed E-state index contributed by atoms with van der Waals surface area (Å²) in [5.41, 5.74) is 5.53. The van der Waals surface area contributed by atoms with Gasteiger partial charge in [0.05, 0.1) is 4.47 Å². The van der Waals surface area contributed by atoms with Crippen molar-refractivity contribution < 1.29 is 0 Å². The predicted octanol–water partition coefficient (Wildman–Crippen LogP) is 1.57. The Balaban J connectivity index is 2.55. The van der Waals surface area contributed by atoms with Gasteiger partial charge in [-0.05, 0) is 49.9 Å². The Morgan fingerprint density at radius 2 is 2.25 bits per heavy atom. The quantitative estimate of drug-likeness (QED) is 0.861. The average Bonchev–Trinajstić information content (AvgIpc) is 2.20. The smallest absolute Gasteiger partial charge is 0.221 e. The van der Waals surface area contributed by atoms with Crippen molar-refractivity contribution in [2.75, 3.05) is 31.7 Å². The topological polar surface area (TPSA) is 67.1 Å². The summed E-state index contributed by atoms with van der Waals surface area (Å²) in [7, 11) is 4.12. The summed E-state index contributed by atoms with van der Waals surface area (Å²) in [4.78, 5) is 10.2. The molecule has 0 aromatic carbocycles. The van der Waals surface area contributed by atoms with Crippen molar-refractivity contribution in [3.63, 3.8) is 0 Å². The molecule has 1 unspecified atom stereocenters. The predicted molar refractivity (Wildman–Crippen MR) is 70.4 cm³/mol. The minimum atomic E-state index is 0.283. The maximum Gasteiger partial charge on any atom is 0.221 e. The molecule has 0 saturated carbocycles. The second kappa shape index (κ2) is 6.00. The van der Waals surface area contributed by atoms with Crippen LogP contribution in [0, 0.1) is 0 Å². The van der Waals surface area contributed by atoms with Gasteiger partial charge in [-0.25, -0.2) is 4.98 Å². The van der Waals surface area contributed by atoms with Crippen molar-refractivity contribution in [1.29, 1.82) is 0 Å². The van der Waals surface area contributed by atoms with E-state index in [1.165, 1.54) is 0 Å². The summed E-state index contributed by atoms with van der Waals surface area (Å²) in [5, 5.41) is 3.30. The molecule has 6 heteroatoms. The summed E-state index contributed by atoms with van der Waals surface area (Å²) in [6.45, 7) is 3.15. The molecular weight excluding hydrogens is 270 g/mol. The molecule has 3 N–H and O–H groups in total. The maximum atomic E-state index is 5.53. The molecule has 1 aromatic rings. The van der Waals surface area contributed by atoms with E-state index in [1.807, 2.05) is 0 Å². The van der Waals surface area contributed by atoms with Gasteiger partial charge < -0.3 is 16.0 Å². The first kappa shape index (κ1) is 13.2. The van der Waals surface area contributed by atoms with Crippen molar-refractivity contribution in [2.45, 2.75) is 19.4 Å². The van der Waals surface area contributed by atoms with E-state index in [4.69, 9.17) is 5.73 Å². The number of aromatic nitrogens is 2. The third kappa shape index (κ3) is 4.32. The van der Waals surface area contributed by atoms with Crippen molar-refractivity contribution in [3.05, 3.63) is 10.7 Å². The number of hydrogen-bond donors (Lipinski definition) is 2. The molecule has 0 amide bonds. The molecule has 0 radical (unpaired) electrons. The standard InChI is InChI=1S/C10H18BrN5/c1-7(4-5-16(2)3)14-9-8(11)6-13-10(12)15-9/h6-7H,4-5H2,1-3H3,(H3,12,13,14,15). The second-order valence-corrected chi connectivity index (χ2v) is 4.92. The van der Waals surface area contributed by atoms with Crippen LogP contribution in [-0.4, -0.2) is 41.5 Å². The third-order valence-electron chi connectivity index (χ3n) is 2.16. The summed E-state index contributed by atoms with van der Waals surface area (Å²) in [6, 6.07) is 0.341. The highest BCUT2D eigenvalue weighted by atomic mass is 79.9. The molecule has 0 saturated heterocycles. The first-order valence-corrected chi connectivity index (χ1v) is 5.97. The number of anilines is 2. The van der Waals surface area contributed by atoms with Crippen LogP contribution in [0.1, 0.15) is 13.3 Å². The van der Waals surface area contributed by atoms with E-state index in [2.05, 4.69) is 57.1 Å². The SMILES string of the molecule is CC(CCN(C)C)Nc1nc(N)ncc1Br. The average molecular weight is 288 g/mol. The summed E-state index contributed by atoms with van der Waals surface area (Å²) >= 11 is 3.39. The van der Waals surface area contributed by atoms with Gasteiger partial charge in [0.15, 0.2) is 0 Å². The molecule has 1 aromatic heterocycles. The molecule has 90 valence electrons. The zero-order chi connectivity index (χ0) is 12.1. The largest absolute Gasteiger partial charge is 0.368 e. The van der Waals surface area contributed by atoms with Gasteiger partial charge in [-0.2, -0.15) is 4.98 Å². The van der Waals surface area contributed by atoms with Crippen LogP contribution in [0.3, 0.4) is 0 Å². The highest BCUT2D eigenvalue weighted by molar-refractivity contribution is 9.10. The molecular formula is C10H18BrN5. The fourth-order valence-electron chi connectivity index (χ4n) is 1.24. The second-order valence-electron chi connectivity index (χ2n) is 4.06. The Morgan fingerprint density at radius 1 is 1.56 bits per heavy atom. The number of nitrogens with zero attached hydrogens (tertiary/aromatic N) is 3. The van der Waals surface area contributed by atoms with E-state index in [9.17, 15) is 0 Å². The van der Waals surface area contributed by atoms with Gasteiger partial charge in [-0.3, -0.25) is 0 Å². The number of halogens is 1. The van der Waals surface area contributed by atoms with Crippen LogP contribution in [0.4, 0.5) is 11.8 Å². The Labute approximate surface area is 105 Å². The van der Waals surface area contributed by atoms with Gasteiger partial charge in [0.2, 0.25) is 5.95 Å². The molecule has 0 aliphatic rings. The minimum Gasteiger partial charge on any atom is -0.368 e. The highest BCUT2D eigenvalue weighted by Gasteiger charge is 2.07. The van der Waals surface area contributed by atoms with Crippen LogP contribution in [0.15, 0.2) is 10.7 Å². The van der Waals surface area contributed by atoms with E-state index in [0.717, 1.165) is 23.3 Å². The molecule has 16 heavy (non-hydrogen) atoms. The van der Waals surface area contributed by atoms with E-state index in [0.29, 0.717) is 6.04 Å². The Morgan fingerprint density at radius 3 is 2.88 bits per heavy atom. The third-order valence-corrected chi connectivity index (χ3v) is 2.74. The van der Waals surface area contributed by atoms with Crippen LogP contribution in [-0.2, 0) is 0 Å². The molecule has 0 fully saturated rings. The number of hydrogen-bond acceptors (Lipinski definition) is 5. The van der Waals surface area contributed by atoms with Crippen molar-refractivity contribution >= 4 is 27.7 Å². The molecule has 0 aliphatic heterocycles. The molecule has 1 rings (SSSR count). The fraction of sp³-hybridized carbons (Fsp3) is 0.600. The summed E-state index contributed by atoms with van der Waals surface area (Å²) in [5.74, 6) is 1.03. The molecule has 0 spiro atoms. The Kier molecular flexibility index (Phi) is 4.95. The highest BCUT2D eigenvalue weighted by Crippen LogP contribution is 2.20. The maximum absolute atomic E-state index is 5.53. The first-order chi connectivity index (χ1) is 7.49. The van der Waals surface area contributed by atoms with Gasteiger partial charge >= 0.3 is 0 Å². The zero-order valence-electron chi connectivity index (χ0n) is 9.87. The van der Waals surface area contributed by atoms with Crippen molar-refractivity contribution in [2.24, 2.45) is 0 Å². The normalized spacial score (nSPS) is 12.8. The minimum absolute atomic E-state index is 0.283. The lowest BCUT2D eigenvalue weighted by molar-refractivity contribution is 0.390. The van der Waals surface area contributed by atoms with Crippen LogP contribution < -0.4 is 11.1 Å². The molecule has 0 bridgehead atoms. The van der Waals surface area contributed by atoms with Crippen LogP contribution in [0.25, 0.3) is 0 Å². The summed E-state index contributed by atoms with van der Waals surface area (Å²) < 4.78 is 0.832. The molecule has 1 heterocycles. The lowest BCUT2D eigenvalue weighted by atomic mass is 10.2. The molecule has 1 atom stereocenters. The lowest BCUT2D eigenvalue weighted by Gasteiger charge is -2.17. The van der Waals surface area contributed by atoms with Gasteiger partial charge in [0.25, 0.3) is 0 Å². The van der Waals surface area contributed by atoms with Gasteiger partial charge in [0, 0.05) is 12.2 Å². The zero-order valence-corrected chi connectivity index (χ0v) is 11.5. The number of nitrogens with one attached hydrogen (secondary N) is 1. The van der Waals surface area contributed by atoms with Crippen molar-refractivity contribution in [3.8, 4) is 0 Å². The van der Waals surface area contributed by atoms with Crippen LogP contribution in [0.5, 0.6) is 0 Å². The fourth-order valence-corrected chi connectivity index (χ4v) is 1.54. The van der Waals surface area contributed by atoms with E-state index in [-0.39, 0.29) is 5.95 Å². The van der Waals surface area contributed by atoms with Gasteiger partial charge in [0.1, 0.15) is 5.82 Å². The lowest BCUT2D eigenvalue weighted by Crippen LogP contribution is -2.23. The number of nitrogen functional groups attached to an aromatic ring is 1. The van der Waals surface area contributed by atoms with E-state index < -0.39 is 0 Å². The van der Waals surface area contributed by atoms with Crippen LogP contribution in [0.2, 0.25) is 0 Å². The van der Waals surface area contributed by atoms with Gasteiger partial charge in [-0.1, -0.05) is 0 Å². The Hall–Kier alpha value is -0.880. The number of nitrogens with two attached hydrogens (primary N) is 1. The van der Waals surface area contributed by atoms with Crippen LogP contribution >= 0.6 is 15.9 Å². The molecule has 0 aliphatic carbocycles. The number of rotatable bonds is 5. The van der Waals surface area contributed by atoms with E-state index in [1.54, 1.807) is 6.20 Å². The monoisotopic (exact) mass is 287 g/mol. The molecule has 5 nitrogen and oxygen atoms in total.